The maximum Gasteiger partial charge on any atom is 0.115 e. The van der Waals surface area contributed by atoms with Crippen molar-refractivity contribution in [2.24, 2.45) is 10.8 Å². The molecule has 102 valence electrons. The minimum Gasteiger partial charge on any atom is -0.508 e. The molecule has 3 aliphatic rings. The van der Waals surface area contributed by atoms with Crippen LogP contribution < -0.4 is 0 Å². The summed E-state index contributed by atoms with van der Waals surface area (Å²) in [7, 11) is 0. The van der Waals surface area contributed by atoms with Gasteiger partial charge in [-0.1, -0.05) is 19.4 Å². The SMILES string of the molecule is CC12CCc3cc(O)ccc3C1CC1(CCC1)CC2. The zero-order valence-corrected chi connectivity index (χ0v) is 11.9. The van der Waals surface area contributed by atoms with Crippen LogP contribution in [0.15, 0.2) is 18.2 Å². The average molecular weight is 256 g/mol. The Morgan fingerprint density at radius 3 is 2.68 bits per heavy atom. The highest BCUT2D eigenvalue weighted by molar-refractivity contribution is 5.41. The van der Waals surface area contributed by atoms with E-state index in [-0.39, 0.29) is 0 Å². The lowest BCUT2D eigenvalue weighted by atomic mass is 9.48. The van der Waals surface area contributed by atoms with Crippen LogP contribution in [-0.4, -0.2) is 5.11 Å². The first-order valence-electron chi connectivity index (χ1n) is 7.92. The van der Waals surface area contributed by atoms with Gasteiger partial charge in [0.1, 0.15) is 5.75 Å². The molecule has 1 N–H and O–H groups in total. The van der Waals surface area contributed by atoms with Crippen LogP contribution in [-0.2, 0) is 6.42 Å². The minimum absolute atomic E-state index is 0.441. The maximum absolute atomic E-state index is 9.71. The monoisotopic (exact) mass is 256 g/mol. The van der Waals surface area contributed by atoms with Crippen molar-refractivity contribution in [3.63, 3.8) is 0 Å². The van der Waals surface area contributed by atoms with Gasteiger partial charge >= 0.3 is 0 Å². The van der Waals surface area contributed by atoms with E-state index in [9.17, 15) is 5.11 Å². The van der Waals surface area contributed by atoms with Crippen LogP contribution in [0.3, 0.4) is 0 Å². The Hall–Kier alpha value is -0.980. The molecule has 1 nitrogen and oxygen atoms in total. The summed E-state index contributed by atoms with van der Waals surface area (Å²) in [6.07, 6.45) is 11.1. The van der Waals surface area contributed by atoms with Crippen molar-refractivity contribution < 1.29 is 5.11 Å². The smallest absolute Gasteiger partial charge is 0.115 e. The Bertz CT molecular complexity index is 514. The fourth-order valence-electron chi connectivity index (χ4n) is 4.99. The van der Waals surface area contributed by atoms with E-state index in [0.29, 0.717) is 16.6 Å². The van der Waals surface area contributed by atoms with Gasteiger partial charge in [-0.05, 0) is 85.0 Å². The molecule has 2 atom stereocenters. The van der Waals surface area contributed by atoms with E-state index >= 15 is 0 Å². The summed E-state index contributed by atoms with van der Waals surface area (Å²) >= 11 is 0. The lowest BCUT2D eigenvalue weighted by Gasteiger charge is -2.56. The quantitative estimate of drug-likeness (QED) is 0.708. The summed E-state index contributed by atoms with van der Waals surface area (Å²) in [5.41, 5.74) is 4.18. The van der Waals surface area contributed by atoms with Crippen molar-refractivity contribution >= 4 is 0 Å². The minimum atomic E-state index is 0.441. The molecule has 3 aliphatic carbocycles. The number of phenols is 1. The third-order valence-corrected chi connectivity index (χ3v) is 6.59. The van der Waals surface area contributed by atoms with Gasteiger partial charge in [0, 0.05) is 0 Å². The molecule has 0 radical (unpaired) electrons. The summed E-state index contributed by atoms with van der Waals surface area (Å²) in [5.74, 6) is 1.18. The molecule has 2 fully saturated rings. The number of fused-ring (bicyclic) bond motifs is 3. The molecule has 0 amide bonds. The number of hydrogen-bond donors (Lipinski definition) is 1. The van der Waals surface area contributed by atoms with Crippen LogP contribution in [0.4, 0.5) is 0 Å². The first-order valence-corrected chi connectivity index (χ1v) is 7.92. The van der Waals surface area contributed by atoms with E-state index in [2.05, 4.69) is 13.0 Å². The van der Waals surface area contributed by atoms with Crippen molar-refractivity contribution in [3.8, 4) is 5.75 Å². The zero-order chi connectivity index (χ0) is 13.1. The van der Waals surface area contributed by atoms with Crippen molar-refractivity contribution in [1.29, 1.82) is 0 Å². The molecule has 0 aromatic heterocycles. The molecule has 1 aromatic rings. The topological polar surface area (TPSA) is 20.2 Å². The van der Waals surface area contributed by atoms with Crippen LogP contribution in [0.1, 0.15) is 68.9 Å². The molecule has 4 rings (SSSR count). The van der Waals surface area contributed by atoms with Gasteiger partial charge < -0.3 is 5.11 Å². The van der Waals surface area contributed by atoms with E-state index in [1.165, 1.54) is 50.5 Å². The van der Waals surface area contributed by atoms with Crippen LogP contribution in [0.25, 0.3) is 0 Å². The Labute approximate surface area is 116 Å². The van der Waals surface area contributed by atoms with Gasteiger partial charge in [0.15, 0.2) is 0 Å². The van der Waals surface area contributed by atoms with E-state index in [0.717, 1.165) is 12.3 Å². The van der Waals surface area contributed by atoms with Gasteiger partial charge in [-0.15, -0.1) is 0 Å². The highest BCUT2D eigenvalue weighted by Crippen LogP contribution is 2.63. The Balaban J connectivity index is 1.75. The summed E-state index contributed by atoms with van der Waals surface area (Å²) in [6, 6.07) is 6.12. The summed E-state index contributed by atoms with van der Waals surface area (Å²) in [6.45, 7) is 2.51. The molecule has 1 heteroatoms. The molecule has 19 heavy (non-hydrogen) atoms. The number of hydrogen-bond acceptors (Lipinski definition) is 1. The molecule has 1 aromatic carbocycles. The summed E-state index contributed by atoms with van der Waals surface area (Å²) < 4.78 is 0. The number of aryl methyl sites for hydroxylation is 1. The molecular formula is C18H24O. The summed E-state index contributed by atoms with van der Waals surface area (Å²) in [4.78, 5) is 0. The summed E-state index contributed by atoms with van der Waals surface area (Å²) in [5, 5.41) is 9.71. The average Bonchev–Trinajstić information content (AvgIpc) is 2.36. The van der Waals surface area contributed by atoms with Crippen LogP contribution >= 0.6 is 0 Å². The van der Waals surface area contributed by atoms with Crippen LogP contribution in [0.5, 0.6) is 5.75 Å². The predicted octanol–water partition coefficient (Wildman–Crippen LogP) is 4.78. The highest BCUT2D eigenvalue weighted by atomic mass is 16.3. The van der Waals surface area contributed by atoms with Gasteiger partial charge in [-0.25, -0.2) is 0 Å². The Morgan fingerprint density at radius 2 is 1.95 bits per heavy atom. The number of aromatic hydroxyl groups is 1. The van der Waals surface area contributed by atoms with Crippen molar-refractivity contribution in [1.82, 2.24) is 0 Å². The Morgan fingerprint density at radius 1 is 1.11 bits per heavy atom. The second kappa shape index (κ2) is 3.77. The van der Waals surface area contributed by atoms with E-state index in [1.54, 1.807) is 5.56 Å². The number of phenolic OH excluding ortho intramolecular Hbond substituents is 1. The molecule has 0 saturated heterocycles. The molecule has 0 aliphatic heterocycles. The van der Waals surface area contributed by atoms with Gasteiger partial charge in [0.2, 0.25) is 0 Å². The maximum atomic E-state index is 9.71. The van der Waals surface area contributed by atoms with Crippen molar-refractivity contribution in [2.45, 2.75) is 64.2 Å². The molecule has 2 unspecified atom stereocenters. The van der Waals surface area contributed by atoms with Gasteiger partial charge in [-0.2, -0.15) is 0 Å². The largest absolute Gasteiger partial charge is 0.508 e. The second-order valence-electron chi connectivity index (χ2n) is 7.65. The van der Waals surface area contributed by atoms with Gasteiger partial charge in [0.05, 0.1) is 0 Å². The molecule has 0 bridgehead atoms. The third-order valence-electron chi connectivity index (χ3n) is 6.59. The lowest BCUT2D eigenvalue weighted by Crippen LogP contribution is -2.44. The lowest BCUT2D eigenvalue weighted by molar-refractivity contribution is -0.00533. The Kier molecular flexibility index (Phi) is 2.35. The first-order chi connectivity index (χ1) is 9.10. The predicted molar refractivity (Wildman–Crippen MR) is 77.4 cm³/mol. The molecule has 1 spiro atoms. The molecule has 2 saturated carbocycles. The van der Waals surface area contributed by atoms with Crippen molar-refractivity contribution in [3.05, 3.63) is 29.3 Å². The number of rotatable bonds is 0. The fourth-order valence-corrected chi connectivity index (χ4v) is 4.99. The normalized spacial score (nSPS) is 35.3. The highest BCUT2D eigenvalue weighted by Gasteiger charge is 2.50. The van der Waals surface area contributed by atoms with Crippen molar-refractivity contribution in [2.75, 3.05) is 0 Å². The van der Waals surface area contributed by atoms with Gasteiger partial charge in [0.25, 0.3) is 0 Å². The van der Waals surface area contributed by atoms with Gasteiger partial charge in [-0.3, -0.25) is 0 Å². The van der Waals surface area contributed by atoms with E-state index < -0.39 is 0 Å². The first kappa shape index (κ1) is 11.8. The third kappa shape index (κ3) is 1.67. The number of benzene rings is 1. The van der Waals surface area contributed by atoms with Crippen LogP contribution in [0, 0.1) is 10.8 Å². The fraction of sp³-hybridized carbons (Fsp3) is 0.667. The van der Waals surface area contributed by atoms with Crippen LogP contribution in [0.2, 0.25) is 0 Å². The zero-order valence-electron chi connectivity index (χ0n) is 11.9. The van der Waals surface area contributed by atoms with E-state index in [4.69, 9.17) is 0 Å². The second-order valence-corrected chi connectivity index (χ2v) is 7.65. The van der Waals surface area contributed by atoms with E-state index in [1.807, 2.05) is 12.1 Å². The molecular weight excluding hydrogens is 232 g/mol. The molecule has 0 heterocycles. The standard InChI is InChI=1S/C18H24O/c1-17-8-5-13-11-14(19)3-4-15(13)16(17)12-18(10-9-17)6-2-7-18/h3-4,11,16,19H,2,5-10,12H2,1H3.